The van der Waals surface area contributed by atoms with Crippen LogP contribution in [0.4, 0.5) is 20.7 Å². The molecule has 0 amide bonds. The summed E-state index contributed by atoms with van der Waals surface area (Å²) in [6, 6.07) is 3.87. The molecule has 7 nitrogen and oxygen atoms in total. The largest absolute Gasteiger partial charge is 0.381 e. The van der Waals surface area contributed by atoms with Gasteiger partial charge in [-0.05, 0) is 31.9 Å². The number of ether oxygens (including phenoxy) is 1. The number of hydrogen-bond donors (Lipinski definition) is 2. The molecule has 0 unspecified atom stereocenters. The second kappa shape index (κ2) is 6.17. The molecule has 4 rings (SSSR count). The first-order valence-electron chi connectivity index (χ1n) is 8.28. The summed E-state index contributed by atoms with van der Waals surface area (Å²) < 4.78 is 34.6. The number of nitrogens with zero attached hydrogens (tertiary/aromatic N) is 4. The molecule has 1 aromatic carbocycles. The van der Waals surface area contributed by atoms with Crippen LogP contribution < -0.4 is 11.1 Å². The van der Waals surface area contributed by atoms with Gasteiger partial charge in [-0.3, -0.25) is 4.57 Å². The molecular weight excluding hydrogens is 342 g/mol. The summed E-state index contributed by atoms with van der Waals surface area (Å²) >= 11 is 0. The molecule has 9 heteroatoms. The maximum absolute atomic E-state index is 14.3. The first-order valence-corrected chi connectivity index (χ1v) is 8.28. The van der Waals surface area contributed by atoms with Gasteiger partial charge in [0.25, 0.3) is 0 Å². The van der Waals surface area contributed by atoms with Crippen LogP contribution in [-0.2, 0) is 4.74 Å². The van der Waals surface area contributed by atoms with E-state index in [1.807, 2.05) is 0 Å². The van der Waals surface area contributed by atoms with Crippen LogP contribution in [0, 0.1) is 11.6 Å². The van der Waals surface area contributed by atoms with Crippen LogP contribution >= 0.6 is 0 Å². The normalized spacial score (nSPS) is 16.7. The average molecular weight is 360 g/mol. The number of nitrogens with one attached hydrogen (secondary N) is 1. The predicted octanol–water partition coefficient (Wildman–Crippen LogP) is 2.66. The molecule has 1 saturated heterocycles. The molecule has 2 aromatic heterocycles. The summed E-state index contributed by atoms with van der Waals surface area (Å²) in [7, 11) is 0. The SMILES string of the molecule is CC1(Nc2ncc3nc(N)n(-c4cccc(F)c4F)c3n2)CCOCC1. The Balaban J connectivity index is 1.79. The van der Waals surface area contributed by atoms with E-state index in [4.69, 9.17) is 10.5 Å². The Kier molecular flexibility index (Phi) is 3.95. The number of rotatable bonds is 3. The maximum atomic E-state index is 14.3. The van der Waals surface area contributed by atoms with Crippen LogP contribution in [0.3, 0.4) is 0 Å². The van der Waals surface area contributed by atoms with Crippen molar-refractivity contribution in [3.8, 4) is 5.69 Å². The third-order valence-corrected chi connectivity index (χ3v) is 4.61. The number of fused-ring (bicyclic) bond motifs is 1. The van der Waals surface area contributed by atoms with Crippen LogP contribution in [0.25, 0.3) is 16.9 Å². The molecule has 26 heavy (non-hydrogen) atoms. The summed E-state index contributed by atoms with van der Waals surface area (Å²) in [5.74, 6) is -1.60. The minimum atomic E-state index is -1.01. The van der Waals surface area contributed by atoms with E-state index in [1.54, 1.807) is 0 Å². The van der Waals surface area contributed by atoms with Gasteiger partial charge in [0.1, 0.15) is 5.52 Å². The highest BCUT2D eigenvalue weighted by atomic mass is 19.2. The fraction of sp³-hybridized carbons (Fsp3) is 0.353. The van der Waals surface area contributed by atoms with Gasteiger partial charge < -0.3 is 15.8 Å². The van der Waals surface area contributed by atoms with Crippen molar-refractivity contribution in [3.63, 3.8) is 0 Å². The summed E-state index contributed by atoms with van der Waals surface area (Å²) in [5.41, 5.74) is 6.37. The summed E-state index contributed by atoms with van der Waals surface area (Å²) in [5, 5.41) is 3.31. The highest BCUT2D eigenvalue weighted by Gasteiger charge is 2.28. The monoisotopic (exact) mass is 360 g/mol. The lowest BCUT2D eigenvalue weighted by Crippen LogP contribution is -2.41. The molecule has 3 aromatic rings. The van der Waals surface area contributed by atoms with Crippen LogP contribution in [0.15, 0.2) is 24.4 Å². The average Bonchev–Trinajstić information content (AvgIpc) is 2.93. The molecule has 3 heterocycles. The molecule has 0 saturated carbocycles. The van der Waals surface area contributed by atoms with Gasteiger partial charge in [0.05, 0.1) is 11.9 Å². The van der Waals surface area contributed by atoms with E-state index in [0.717, 1.165) is 18.9 Å². The number of halogens is 2. The van der Waals surface area contributed by atoms with E-state index in [0.29, 0.717) is 30.3 Å². The van der Waals surface area contributed by atoms with Crippen LogP contribution in [0.1, 0.15) is 19.8 Å². The zero-order chi connectivity index (χ0) is 18.3. The highest BCUT2D eigenvalue weighted by Crippen LogP contribution is 2.27. The van der Waals surface area contributed by atoms with E-state index in [1.165, 1.54) is 22.9 Å². The van der Waals surface area contributed by atoms with Gasteiger partial charge in [0.2, 0.25) is 11.9 Å². The van der Waals surface area contributed by atoms with Crippen molar-refractivity contribution < 1.29 is 13.5 Å². The van der Waals surface area contributed by atoms with Crippen LogP contribution in [-0.4, -0.2) is 38.3 Å². The second-order valence-electron chi connectivity index (χ2n) is 6.58. The Morgan fingerprint density at radius 2 is 2.00 bits per heavy atom. The third kappa shape index (κ3) is 2.84. The zero-order valence-corrected chi connectivity index (χ0v) is 14.2. The minimum absolute atomic E-state index is 0.00762. The lowest BCUT2D eigenvalue weighted by Gasteiger charge is -2.34. The van der Waals surface area contributed by atoms with E-state index >= 15 is 0 Å². The van der Waals surface area contributed by atoms with Crippen molar-refractivity contribution in [1.29, 1.82) is 0 Å². The number of benzene rings is 1. The van der Waals surface area contributed by atoms with Gasteiger partial charge in [0, 0.05) is 18.8 Å². The maximum Gasteiger partial charge on any atom is 0.225 e. The Labute approximate surface area is 148 Å². The fourth-order valence-electron chi connectivity index (χ4n) is 3.07. The van der Waals surface area contributed by atoms with Crippen molar-refractivity contribution in [3.05, 3.63) is 36.0 Å². The van der Waals surface area contributed by atoms with Gasteiger partial charge in [-0.2, -0.15) is 4.98 Å². The lowest BCUT2D eigenvalue weighted by atomic mass is 9.93. The Bertz CT molecular complexity index is 967. The lowest BCUT2D eigenvalue weighted by molar-refractivity contribution is 0.0656. The predicted molar refractivity (Wildman–Crippen MR) is 93.1 cm³/mol. The van der Waals surface area contributed by atoms with E-state index in [2.05, 4.69) is 27.2 Å². The Morgan fingerprint density at radius 1 is 1.23 bits per heavy atom. The first kappa shape index (κ1) is 16.6. The summed E-state index contributed by atoms with van der Waals surface area (Å²) in [6.07, 6.45) is 3.14. The van der Waals surface area contributed by atoms with E-state index < -0.39 is 11.6 Å². The molecule has 0 radical (unpaired) electrons. The molecule has 0 atom stereocenters. The first-order chi connectivity index (χ1) is 12.5. The fourth-order valence-corrected chi connectivity index (χ4v) is 3.07. The zero-order valence-electron chi connectivity index (χ0n) is 14.2. The highest BCUT2D eigenvalue weighted by molar-refractivity contribution is 5.77. The second-order valence-corrected chi connectivity index (χ2v) is 6.58. The number of nitrogens with two attached hydrogens (primary N) is 1. The number of hydrogen-bond acceptors (Lipinski definition) is 6. The number of nitrogen functional groups attached to an aromatic ring is 1. The van der Waals surface area contributed by atoms with E-state index in [-0.39, 0.29) is 17.2 Å². The smallest absolute Gasteiger partial charge is 0.225 e. The molecule has 1 fully saturated rings. The minimum Gasteiger partial charge on any atom is -0.381 e. The molecule has 0 aliphatic carbocycles. The van der Waals surface area contributed by atoms with Crippen molar-refractivity contribution in [2.75, 3.05) is 24.3 Å². The topological polar surface area (TPSA) is 90.9 Å². The van der Waals surface area contributed by atoms with Gasteiger partial charge >= 0.3 is 0 Å². The number of imidazole rings is 1. The quantitative estimate of drug-likeness (QED) is 0.746. The van der Waals surface area contributed by atoms with Crippen molar-refractivity contribution in [2.45, 2.75) is 25.3 Å². The molecule has 136 valence electrons. The van der Waals surface area contributed by atoms with Crippen molar-refractivity contribution in [1.82, 2.24) is 19.5 Å². The standard InChI is InChI=1S/C17H18F2N6O/c1-17(5-7-26-8-6-17)24-16-21-9-11-14(23-16)25(15(20)22-11)12-4-2-3-10(18)13(12)19/h2-4,9H,5-8H2,1H3,(H2,20,22)(H,21,23,24). The number of anilines is 2. The molecular formula is C17H18F2N6O. The summed E-state index contributed by atoms with van der Waals surface area (Å²) in [4.78, 5) is 12.9. The van der Waals surface area contributed by atoms with Gasteiger partial charge in [-0.15, -0.1) is 0 Å². The Hall–Kier alpha value is -2.81. The number of aromatic nitrogens is 4. The molecule has 3 N–H and O–H groups in total. The third-order valence-electron chi connectivity index (χ3n) is 4.61. The molecule has 0 bridgehead atoms. The molecule has 1 aliphatic rings. The van der Waals surface area contributed by atoms with Gasteiger partial charge in [-0.1, -0.05) is 6.07 Å². The summed E-state index contributed by atoms with van der Waals surface area (Å²) in [6.45, 7) is 3.39. The van der Waals surface area contributed by atoms with Crippen LogP contribution in [0.2, 0.25) is 0 Å². The molecule has 0 spiro atoms. The Morgan fingerprint density at radius 3 is 2.77 bits per heavy atom. The van der Waals surface area contributed by atoms with Gasteiger partial charge in [-0.25, -0.2) is 18.7 Å². The molecule has 1 aliphatic heterocycles. The van der Waals surface area contributed by atoms with Crippen molar-refractivity contribution >= 4 is 23.1 Å². The van der Waals surface area contributed by atoms with Gasteiger partial charge in [0.15, 0.2) is 17.3 Å². The van der Waals surface area contributed by atoms with Crippen molar-refractivity contribution in [2.24, 2.45) is 0 Å². The van der Waals surface area contributed by atoms with Crippen LogP contribution in [0.5, 0.6) is 0 Å². The van der Waals surface area contributed by atoms with E-state index in [9.17, 15) is 8.78 Å².